The van der Waals surface area contributed by atoms with Crippen LogP contribution in [0, 0.1) is 6.92 Å². The normalized spacial score (nSPS) is 16.8. The van der Waals surface area contributed by atoms with Gasteiger partial charge in [-0.25, -0.2) is 4.79 Å². The number of aromatic carboxylic acids is 1. The first-order chi connectivity index (χ1) is 12.0. The number of carboxylic acid groups (broad SMARTS) is 1. The number of phenols is 1. The molecule has 1 heterocycles. The molecule has 0 atom stereocenters. The molecular formula is C20H22O5S. The van der Waals surface area contributed by atoms with Gasteiger partial charge < -0.3 is 10.2 Å². The summed E-state index contributed by atoms with van der Waals surface area (Å²) in [7, 11) is -3.25. The smallest absolute Gasteiger partial charge is 0.339 e. The lowest BCUT2D eigenvalue weighted by molar-refractivity contribution is 0.0692. The summed E-state index contributed by atoms with van der Waals surface area (Å²) in [4.78, 5) is 12.5. The van der Waals surface area contributed by atoms with Gasteiger partial charge in [-0.1, -0.05) is 39.0 Å². The Morgan fingerprint density at radius 2 is 1.73 bits per heavy atom. The summed E-state index contributed by atoms with van der Waals surface area (Å²) in [6, 6.07) is 8.65. The van der Waals surface area contributed by atoms with Gasteiger partial charge in [0.1, 0.15) is 11.3 Å². The zero-order valence-electron chi connectivity index (χ0n) is 15.1. The van der Waals surface area contributed by atoms with E-state index in [1.807, 2.05) is 20.8 Å². The number of carboxylic acids is 1. The van der Waals surface area contributed by atoms with Gasteiger partial charge in [-0.3, -0.25) is 9.11 Å². The molecule has 26 heavy (non-hydrogen) atoms. The fourth-order valence-electron chi connectivity index (χ4n) is 3.29. The molecule has 0 aliphatic carbocycles. The van der Waals surface area contributed by atoms with Crippen molar-refractivity contribution in [2.75, 3.05) is 0 Å². The van der Waals surface area contributed by atoms with Crippen molar-refractivity contribution in [3.63, 3.8) is 0 Å². The van der Waals surface area contributed by atoms with Crippen LogP contribution in [-0.4, -0.2) is 25.3 Å². The molecule has 0 saturated carbocycles. The lowest BCUT2D eigenvalue weighted by Gasteiger charge is -2.33. The first-order valence-corrected chi connectivity index (χ1v) is 9.70. The van der Waals surface area contributed by atoms with E-state index in [2.05, 4.69) is 0 Å². The van der Waals surface area contributed by atoms with Crippen LogP contribution in [0.25, 0.3) is 11.0 Å². The highest BCUT2D eigenvalue weighted by atomic mass is 32.3. The van der Waals surface area contributed by atoms with Gasteiger partial charge >= 0.3 is 5.97 Å². The summed E-state index contributed by atoms with van der Waals surface area (Å²) >= 11 is 0. The Kier molecular flexibility index (Phi) is 4.18. The first-order valence-electron chi connectivity index (χ1n) is 8.16. The lowest BCUT2D eigenvalue weighted by atomic mass is 9.82. The maximum atomic E-state index is 11.8. The Bertz CT molecular complexity index is 951. The van der Waals surface area contributed by atoms with Gasteiger partial charge in [-0.2, -0.15) is 0 Å². The quantitative estimate of drug-likeness (QED) is 0.570. The van der Waals surface area contributed by atoms with Crippen LogP contribution < -0.4 is 0 Å². The lowest BCUT2D eigenvalue weighted by Crippen LogP contribution is -2.16. The van der Waals surface area contributed by atoms with Crippen LogP contribution in [0.3, 0.4) is 0 Å². The third-order valence-corrected chi connectivity index (χ3v) is 6.60. The molecule has 1 aliphatic heterocycles. The van der Waals surface area contributed by atoms with Crippen LogP contribution in [0.1, 0.15) is 53.4 Å². The number of aromatic hydroxyl groups is 1. The monoisotopic (exact) mass is 374 g/mol. The maximum Gasteiger partial charge on any atom is 0.339 e. The Balaban J connectivity index is 2.34. The average molecular weight is 374 g/mol. The molecule has 138 valence electrons. The van der Waals surface area contributed by atoms with E-state index in [9.17, 15) is 24.1 Å². The zero-order chi connectivity index (χ0) is 19.4. The largest absolute Gasteiger partial charge is 0.507 e. The Morgan fingerprint density at radius 1 is 1.12 bits per heavy atom. The van der Waals surface area contributed by atoms with E-state index in [-0.39, 0.29) is 16.2 Å². The summed E-state index contributed by atoms with van der Waals surface area (Å²) in [5, 5.41) is 20.1. The molecule has 4 N–H and O–H groups in total. The third kappa shape index (κ3) is 2.70. The van der Waals surface area contributed by atoms with Crippen LogP contribution in [0.15, 0.2) is 35.2 Å². The molecule has 5 nitrogen and oxygen atoms in total. The van der Waals surface area contributed by atoms with E-state index in [0.717, 1.165) is 0 Å². The highest BCUT2D eigenvalue weighted by Gasteiger charge is 2.35. The summed E-state index contributed by atoms with van der Waals surface area (Å²) in [6.07, 6.45) is 1.68. The van der Waals surface area contributed by atoms with E-state index in [4.69, 9.17) is 0 Å². The summed E-state index contributed by atoms with van der Waals surface area (Å²) < 4.78 is 21.7. The van der Waals surface area contributed by atoms with Crippen LogP contribution in [0.5, 0.6) is 5.75 Å². The van der Waals surface area contributed by atoms with Crippen LogP contribution in [0.4, 0.5) is 0 Å². The maximum absolute atomic E-state index is 11.8. The van der Waals surface area contributed by atoms with E-state index < -0.39 is 22.0 Å². The highest BCUT2D eigenvalue weighted by Crippen LogP contribution is 2.66. The second-order valence-corrected chi connectivity index (χ2v) is 9.45. The van der Waals surface area contributed by atoms with Crippen LogP contribution in [-0.2, 0) is 5.41 Å². The van der Waals surface area contributed by atoms with Gasteiger partial charge in [0.25, 0.3) is 0 Å². The molecule has 0 fully saturated rings. The van der Waals surface area contributed by atoms with Crippen molar-refractivity contribution < 1.29 is 24.1 Å². The average Bonchev–Trinajstić information content (AvgIpc) is 2.78. The zero-order valence-corrected chi connectivity index (χ0v) is 15.9. The number of hydrogen-bond acceptors (Lipinski definition) is 4. The van der Waals surface area contributed by atoms with Crippen molar-refractivity contribution in [3.8, 4) is 5.75 Å². The molecule has 0 saturated heterocycles. The molecule has 0 aromatic heterocycles. The molecule has 3 rings (SSSR count). The molecule has 0 unspecified atom stereocenters. The Labute approximate surface area is 154 Å². The minimum absolute atomic E-state index is 0.209. The number of carbonyl (C=O) groups is 1. The van der Waals surface area contributed by atoms with Crippen molar-refractivity contribution >= 4 is 27.5 Å². The van der Waals surface area contributed by atoms with Gasteiger partial charge in [-0.05, 0) is 41.7 Å². The predicted octanol–water partition coefficient (Wildman–Crippen LogP) is 5.32. The van der Waals surface area contributed by atoms with Crippen LogP contribution >= 0.6 is 10.6 Å². The molecular weight excluding hydrogens is 352 g/mol. The molecule has 1 aliphatic rings. The van der Waals surface area contributed by atoms with Gasteiger partial charge in [-0.15, -0.1) is 10.6 Å². The molecule has 0 spiro atoms. The van der Waals surface area contributed by atoms with Gasteiger partial charge in [0.2, 0.25) is 0 Å². The Morgan fingerprint density at radius 3 is 2.27 bits per heavy atom. The molecule has 2 aromatic rings. The minimum Gasteiger partial charge on any atom is -0.507 e. The van der Waals surface area contributed by atoms with Gasteiger partial charge in [0.05, 0.1) is 9.80 Å². The van der Waals surface area contributed by atoms with Crippen molar-refractivity contribution in [3.05, 3.63) is 58.1 Å². The van der Waals surface area contributed by atoms with Crippen molar-refractivity contribution in [2.24, 2.45) is 0 Å². The SMILES string of the molecule is Cc1c(C2=Cc3ccccc3S2(O)O)cc(C(C)(C)C)c(O)c1C(=O)O. The first kappa shape index (κ1) is 18.5. The van der Waals surface area contributed by atoms with Crippen molar-refractivity contribution in [1.29, 1.82) is 0 Å². The summed E-state index contributed by atoms with van der Waals surface area (Å²) in [5.41, 5.74) is 1.15. The number of rotatable bonds is 2. The molecule has 0 radical (unpaired) electrons. The number of fused-ring (bicyclic) bond motifs is 1. The van der Waals surface area contributed by atoms with Gasteiger partial charge in [0, 0.05) is 11.1 Å². The van der Waals surface area contributed by atoms with Crippen LogP contribution in [0.2, 0.25) is 0 Å². The van der Waals surface area contributed by atoms with Crippen molar-refractivity contribution in [2.45, 2.75) is 38.0 Å². The minimum atomic E-state index is -3.25. The standard InChI is InChI=1S/C20H22O5S/c1-11-13(10-14(20(2,3)4)18(21)17(11)19(22)23)16-9-12-7-5-6-8-15(12)26(16,24)25/h5-10,21,24-25H,1-4H3,(H,22,23). The molecule has 2 aromatic carbocycles. The summed E-state index contributed by atoms with van der Waals surface area (Å²) in [5.74, 6) is -1.53. The number of hydrogen-bond donors (Lipinski definition) is 4. The fraction of sp³-hybridized carbons (Fsp3) is 0.250. The van der Waals surface area contributed by atoms with E-state index in [0.29, 0.717) is 27.1 Å². The summed E-state index contributed by atoms with van der Waals surface area (Å²) in [6.45, 7) is 7.16. The van der Waals surface area contributed by atoms with Crippen molar-refractivity contribution in [1.82, 2.24) is 0 Å². The van der Waals surface area contributed by atoms with E-state index in [1.54, 1.807) is 43.3 Å². The Hall–Kier alpha value is -2.28. The predicted molar refractivity (Wildman–Crippen MR) is 104 cm³/mol. The van der Waals surface area contributed by atoms with Gasteiger partial charge in [0.15, 0.2) is 0 Å². The third-order valence-electron chi connectivity index (χ3n) is 4.67. The van der Waals surface area contributed by atoms with E-state index in [1.165, 1.54) is 0 Å². The van der Waals surface area contributed by atoms with E-state index >= 15 is 0 Å². The fourth-order valence-corrected chi connectivity index (χ4v) is 5.06. The molecule has 0 amide bonds. The second kappa shape index (κ2) is 5.87. The number of benzene rings is 2. The molecule has 0 bridgehead atoms. The molecule has 6 heteroatoms. The second-order valence-electron chi connectivity index (χ2n) is 7.47. The topological polar surface area (TPSA) is 98.0 Å². The highest BCUT2D eigenvalue weighted by molar-refractivity contribution is 8.32.